The Balaban J connectivity index is 2.48. The van der Waals surface area contributed by atoms with E-state index in [0.29, 0.717) is 11.3 Å². The molecule has 0 fully saturated rings. The van der Waals surface area contributed by atoms with Crippen molar-refractivity contribution in [2.75, 3.05) is 13.7 Å². The Bertz CT molecular complexity index is 483. The molecule has 1 aromatic carbocycles. The maximum atomic E-state index is 12.1. The molecule has 2 rings (SSSR count). The number of aliphatic carboxylic acids is 1. The number of carbonyl (C=O) groups excluding carboxylic acids is 1. The fourth-order valence-electron chi connectivity index (χ4n) is 1.86. The van der Waals surface area contributed by atoms with Gasteiger partial charge < -0.3 is 14.7 Å². The molecule has 5 nitrogen and oxygen atoms in total. The number of carboxylic acid groups (broad SMARTS) is 1. The summed E-state index contributed by atoms with van der Waals surface area (Å²) in [5, 5.41) is 9.03. The van der Waals surface area contributed by atoms with Crippen molar-refractivity contribution in [3.05, 3.63) is 29.3 Å². The minimum absolute atomic E-state index is 0.0323. The predicted molar refractivity (Wildman–Crippen MR) is 60.2 cm³/mol. The zero-order valence-corrected chi connectivity index (χ0v) is 9.64. The van der Waals surface area contributed by atoms with Gasteiger partial charge in [-0.3, -0.25) is 4.79 Å². The van der Waals surface area contributed by atoms with Gasteiger partial charge in [-0.25, -0.2) is 4.79 Å². The molecule has 1 unspecified atom stereocenters. The summed E-state index contributed by atoms with van der Waals surface area (Å²) in [6.45, 7) is 1.79. The van der Waals surface area contributed by atoms with Crippen molar-refractivity contribution >= 4 is 11.9 Å². The van der Waals surface area contributed by atoms with Gasteiger partial charge in [-0.15, -0.1) is 0 Å². The molecule has 17 heavy (non-hydrogen) atoms. The summed E-state index contributed by atoms with van der Waals surface area (Å²) in [7, 11) is 1.47. The van der Waals surface area contributed by atoms with Crippen LogP contribution in [-0.2, 0) is 4.79 Å². The van der Waals surface area contributed by atoms with Gasteiger partial charge >= 0.3 is 5.97 Å². The molecule has 0 saturated heterocycles. The average molecular weight is 235 g/mol. The summed E-state index contributed by atoms with van der Waals surface area (Å²) in [5.74, 6) is -0.909. The highest BCUT2D eigenvalue weighted by molar-refractivity contribution is 5.99. The summed E-state index contributed by atoms with van der Waals surface area (Å²) in [6, 6.07) is 4.28. The monoisotopic (exact) mass is 235 g/mol. The van der Waals surface area contributed by atoms with E-state index in [0.717, 1.165) is 5.56 Å². The first-order chi connectivity index (χ1) is 8.02. The number of fused-ring (bicyclic) bond motifs is 1. The molecule has 0 aliphatic carbocycles. The summed E-state index contributed by atoms with van der Waals surface area (Å²) in [6.07, 6.45) is 0. The molecular weight excluding hydrogens is 222 g/mol. The van der Waals surface area contributed by atoms with E-state index in [1.807, 2.05) is 13.0 Å². The van der Waals surface area contributed by atoms with Gasteiger partial charge in [0, 0.05) is 7.05 Å². The van der Waals surface area contributed by atoms with E-state index in [4.69, 9.17) is 9.84 Å². The molecule has 1 amide bonds. The topological polar surface area (TPSA) is 66.8 Å². The Morgan fingerprint density at radius 2 is 2.24 bits per heavy atom. The van der Waals surface area contributed by atoms with Gasteiger partial charge in [0.25, 0.3) is 5.91 Å². The Morgan fingerprint density at radius 1 is 1.53 bits per heavy atom. The minimum Gasteiger partial charge on any atom is -0.490 e. The third-order valence-electron chi connectivity index (χ3n) is 2.90. The number of carbonyl (C=O) groups is 2. The maximum Gasteiger partial charge on any atom is 0.330 e. The normalized spacial score (nSPS) is 19.3. The van der Waals surface area contributed by atoms with E-state index < -0.39 is 12.0 Å². The molecule has 0 radical (unpaired) electrons. The van der Waals surface area contributed by atoms with E-state index in [1.165, 1.54) is 11.9 Å². The van der Waals surface area contributed by atoms with Gasteiger partial charge in [-0.05, 0) is 18.6 Å². The van der Waals surface area contributed by atoms with E-state index in [2.05, 4.69) is 0 Å². The molecule has 1 heterocycles. The van der Waals surface area contributed by atoms with Crippen molar-refractivity contribution in [2.45, 2.75) is 13.0 Å². The second kappa shape index (κ2) is 4.08. The van der Waals surface area contributed by atoms with Crippen LogP contribution in [0.5, 0.6) is 5.75 Å². The molecular formula is C12H13NO4. The number of likely N-dealkylation sites (N-methyl/N-ethyl adjacent to an activating group) is 1. The number of para-hydroxylation sites is 1. The molecule has 1 aromatic rings. The van der Waals surface area contributed by atoms with Gasteiger partial charge in [0.2, 0.25) is 0 Å². The number of ether oxygens (including phenoxy) is 1. The van der Waals surface area contributed by atoms with E-state index in [9.17, 15) is 9.59 Å². The lowest BCUT2D eigenvalue weighted by atomic mass is 10.1. The zero-order chi connectivity index (χ0) is 12.6. The standard InChI is InChI=1S/C12H13NO4/c1-7-4-3-5-8-10(7)17-6-9(12(15)16)13(2)11(8)14/h3-5,9H,6H2,1-2H3,(H,15,16). The largest absolute Gasteiger partial charge is 0.490 e. The summed E-state index contributed by atoms with van der Waals surface area (Å²) in [4.78, 5) is 24.3. The molecule has 0 aromatic heterocycles. The van der Waals surface area contributed by atoms with Crippen LogP contribution in [0.4, 0.5) is 0 Å². The molecule has 1 N–H and O–H groups in total. The molecule has 90 valence electrons. The zero-order valence-electron chi connectivity index (χ0n) is 9.64. The van der Waals surface area contributed by atoms with Gasteiger partial charge in [-0.2, -0.15) is 0 Å². The van der Waals surface area contributed by atoms with Crippen LogP contribution in [-0.4, -0.2) is 41.6 Å². The first kappa shape index (κ1) is 11.4. The molecule has 1 aliphatic rings. The highest BCUT2D eigenvalue weighted by atomic mass is 16.5. The first-order valence-corrected chi connectivity index (χ1v) is 5.24. The van der Waals surface area contributed by atoms with Gasteiger partial charge in [0.05, 0.1) is 5.56 Å². The number of hydrogen-bond donors (Lipinski definition) is 1. The number of rotatable bonds is 1. The lowest BCUT2D eigenvalue weighted by Crippen LogP contribution is -2.44. The molecule has 1 atom stereocenters. The summed E-state index contributed by atoms with van der Waals surface area (Å²) < 4.78 is 5.45. The van der Waals surface area contributed by atoms with Gasteiger partial charge in [0.15, 0.2) is 6.04 Å². The van der Waals surface area contributed by atoms with Crippen LogP contribution in [0.25, 0.3) is 0 Å². The number of carboxylic acids is 1. The Morgan fingerprint density at radius 3 is 2.88 bits per heavy atom. The highest BCUT2D eigenvalue weighted by Crippen LogP contribution is 2.27. The van der Waals surface area contributed by atoms with Crippen molar-refractivity contribution in [1.82, 2.24) is 4.90 Å². The molecule has 0 bridgehead atoms. The van der Waals surface area contributed by atoms with Crippen molar-refractivity contribution in [1.29, 1.82) is 0 Å². The minimum atomic E-state index is -1.06. The van der Waals surface area contributed by atoms with Crippen molar-refractivity contribution in [3.63, 3.8) is 0 Å². The number of nitrogens with zero attached hydrogens (tertiary/aromatic N) is 1. The van der Waals surface area contributed by atoms with Crippen molar-refractivity contribution in [2.24, 2.45) is 0 Å². The number of amides is 1. The van der Waals surface area contributed by atoms with Crippen molar-refractivity contribution < 1.29 is 19.4 Å². The Hall–Kier alpha value is -2.04. The highest BCUT2D eigenvalue weighted by Gasteiger charge is 2.33. The lowest BCUT2D eigenvalue weighted by molar-refractivity contribution is -0.142. The first-order valence-electron chi connectivity index (χ1n) is 5.24. The third-order valence-corrected chi connectivity index (χ3v) is 2.90. The van der Waals surface area contributed by atoms with Crippen LogP contribution < -0.4 is 4.74 Å². The molecule has 5 heteroatoms. The maximum absolute atomic E-state index is 12.1. The van der Waals surface area contributed by atoms with E-state index in [-0.39, 0.29) is 12.5 Å². The molecule has 0 spiro atoms. The fourth-order valence-corrected chi connectivity index (χ4v) is 1.86. The molecule has 0 saturated carbocycles. The number of hydrogen-bond acceptors (Lipinski definition) is 3. The van der Waals surface area contributed by atoms with Gasteiger partial charge in [0.1, 0.15) is 12.4 Å². The quantitative estimate of drug-likeness (QED) is 0.785. The fraction of sp³-hybridized carbons (Fsp3) is 0.333. The van der Waals surface area contributed by atoms with E-state index in [1.54, 1.807) is 12.1 Å². The second-order valence-corrected chi connectivity index (χ2v) is 4.03. The van der Waals surface area contributed by atoms with Crippen molar-refractivity contribution in [3.8, 4) is 5.75 Å². The number of aryl methyl sites for hydroxylation is 1. The summed E-state index contributed by atoms with van der Waals surface area (Å²) in [5.41, 5.74) is 1.24. The van der Waals surface area contributed by atoms with Crippen LogP contribution in [0, 0.1) is 6.92 Å². The smallest absolute Gasteiger partial charge is 0.330 e. The van der Waals surface area contributed by atoms with Crippen LogP contribution >= 0.6 is 0 Å². The predicted octanol–water partition coefficient (Wildman–Crippen LogP) is 0.913. The van der Waals surface area contributed by atoms with Crippen LogP contribution in [0.1, 0.15) is 15.9 Å². The molecule has 1 aliphatic heterocycles. The van der Waals surface area contributed by atoms with Crippen LogP contribution in [0.2, 0.25) is 0 Å². The number of benzene rings is 1. The van der Waals surface area contributed by atoms with Crippen LogP contribution in [0.15, 0.2) is 18.2 Å². The lowest BCUT2D eigenvalue weighted by Gasteiger charge is -2.20. The Kier molecular flexibility index (Phi) is 2.75. The Labute approximate surface area is 98.6 Å². The summed E-state index contributed by atoms with van der Waals surface area (Å²) >= 11 is 0. The average Bonchev–Trinajstić information content (AvgIpc) is 2.40. The third kappa shape index (κ3) is 1.84. The second-order valence-electron chi connectivity index (χ2n) is 4.03. The SMILES string of the molecule is Cc1cccc2c1OCC(C(=O)O)N(C)C2=O. The van der Waals surface area contributed by atoms with E-state index >= 15 is 0 Å². The van der Waals surface area contributed by atoms with Crippen LogP contribution in [0.3, 0.4) is 0 Å². The van der Waals surface area contributed by atoms with Gasteiger partial charge in [-0.1, -0.05) is 12.1 Å².